The highest BCUT2D eigenvalue weighted by atomic mass is 16.2. The van der Waals surface area contributed by atoms with Crippen molar-refractivity contribution in [3.63, 3.8) is 0 Å². The summed E-state index contributed by atoms with van der Waals surface area (Å²) in [6, 6.07) is 7.47. The third-order valence-corrected chi connectivity index (χ3v) is 3.45. The second-order valence-corrected chi connectivity index (χ2v) is 5.02. The molecule has 19 heavy (non-hydrogen) atoms. The summed E-state index contributed by atoms with van der Waals surface area (Å²) in [7, 11) is 0. The van der Waals surface area contributed by atoms with E-state index < -0.39 is 0 Å². The number of carbonyl (C=O) groups is 2. The van der Waals surface area contributed by atoms with Crippen LogP contribution >= 0.6 is 0 Å². The first-order chi connectivity index (χ1) is 9.06. The molecule has 1 aliphatic heterocycles. The van der Waals surface area contributed by atoms with Gasteiger partial charge in [-0.3, -0.25) is 9.59 Å². The summed E-state index contributed by atoms with van der Waals surface area (Å²) in [5.74, 6) is -0.0354. The summed E-state index contributed by atoms with van der Waals surface area (Å²) in [6.07, 6.45) is 0. The van der Waals surface area contributed by atoms with Crippen molar-refractivity contribution in [1.82, 2.24) is 5.32 Å². The number of hydrogen-bond acceptors (Lipinski definition) is 2. The predicted molar refractivity (Wildman–Crippen MR) is 73.0 cm³/mol. The van der Waals surface area contributed by atoms with Crippen LogP contribution in [-0.2, 0) is 9.59 Å². The molecule has 1 saturated heterocycles. The Balaban J connectivity index is 1.97. The molecule has 0 radical (unpaired) electrons. The normalized spacial score (nSPS) is 20.5. The lowest BCUT2D eigenvalue weighted by Crippen LogP contribution is -3.19. The number of piperazine rings is 1. The molecule has 1 unspecified atom stereocenters. The van der Waals surface area contributed by atoms with E-state index in [2.05, 4.69) is 10.6 Å². The monoisotopic (exact) mass is 262 g/mol. The van der Waals surface area contributed by atoms with Gasteiger partial charge in [-0.2, -0.15) is 0 Å². The minimum Gasteiger partial charge on any atom is -0.346 e. The second-order valence-electron chi connectivity index (χ2n) is 5.02. The summed E-state index contributed by atoms with van der Waals surface area (Å²) in [5.41, 5.74) is 1.91. The Morgan fingerprint density at radius 3 is 2.95 bits per heavy atom. The SMILES string of the molecule is Cc1cccc(NC(=O)[C@@H](C)[NH+]2CCNC(=O)C2)c1. The number of anilines is 1. The average molecular weight is 262 g/mol. The molecule has 1 aromatic carbocycles. The number of rotatable bonds is 3. The first-order valence-electron chi connectivity index (χ1n) is 6.55. The van der Waals surface area contributed by atoms with Crippen LogP contribution in [0.5, 0.6) is 0 Å². The molecule has 0 aliphatic carbocycles. The Morgan fingerprint density at radius 1 is 1.47 bits per heavy atom. The van der Waals surface area contributed by atoms with Crippen LogP contribution in [0.25, 0.3) is 0 Å². The number of quaternary nitrogens is 1. The average Bonchev–Trinajstić information content (AvgIpc) is 2.38. The van der Waals surface area contributed by atoms with Gasteiger partial charge in [-0.1, -0.05) is 12.1 Å². The zero-order valence-corrected chi connectivity index (χ0v) is 11.3. The number of amides is 2. The Hall–Kier alpha value is -1.88. The molecule has 102 valence electrons. The van der Waals surface area contributed by atoms with Crippen molar-refractivity contribution in [2.24, 2.45) is 0 Å². The quantitative estimate of drug-likeness (QED) is 0.677. The van der Waals surface area contributed by atoms with Gasteiger partial charge in [0, 0.05) is 5.69 Å². The van der Waals surface area contributed by atoms with Gasteiger partial charge in [-0.05, 0) is 31.5 Å². The van der Waals surface area contributed by atoms with Crippen molar-refractivity contribution in [3.8, 4) is 0 Å². The molecular formula is C14H20N3O2+. The number of benzene rings is 1. The van der Waals surface area contributed by atoms with Gasteiger partial charge in [0.1, 0.15) is 0 Å². The van der Waals surface area contributed by atoms with Gasteiger partial charge in [0.05, 0.1) is 13.1 Å². The highest BCUT2D eigenvalue weighted by Crippen LogP contribution is 2.09. The van der Waals surface area contributed by atoms with Gasteiger partial charge in [0.2, 0.25) is 0 Å². The third kappa shape index (κ3) is 3.54. The number of nitrogens with one attached hydrogen (secondary N) is 3. The summed E-state index contributed by atoms with van der Waals surface area (Å²) < 4.78 is 0. The summed E-state index contributed by atoms with van der Waals surface area (Å²) in [6.45, 7) is 5.63. The fourth-order valence-corrected chi connectivity index (χ4v) is 2.25. The molecule has 2 rings (SSSR count). The molecule has 0 spiro atoms. The van der Waals surface area contributed by atoms with Crippen molar-refractivity contribution in [2.75, 3.05) is 25.0 Å². The second kappa shape index (κ2) is 5.84. The Kier molecular flexibility index (Phi) is 4.16. The van der Waals surface area contributed by atoms with E-state index in [1.165, 1.54) is 0 Å². The smallest absolute Gasteiger partial charge is 0.282 e. The van der Waals surface area contributed by atoms with Crippen molar-refractivity contribution in [2.45, 2.75) is 19.9 Å². The summed E-state index contributed by atoms with van der Waals surface area (Å²) in [5, 5.41) is 5.67. The molecular weight excluding hydrogens is 242 g/mol. The molecule has 5 nitrogen and oxygen atoms in total. The minimum atomic E-state index is -0.230. The summed E-state index contributed by atoms with van der Waals surface area (Å²) >= 11 is 0. The van der Waals surface area contributed by atoms with Crippen LogP contribution in [-0.4, -0.2) is 37.5 Å². The maximum atomic E-state index is 12.2. The van der Waals surface area contributed by atoms with Gasteiger partial charge < -0.3 is 15.5 Å². The highest BCUT2D eigenvalue weighted by Gasteiger charge is 2.29. The molecule has 1 fully saturated rings. The van der Waals surface area contributed by atoms with Crippen LogP contribution in [0.1, 0.15) is 12.5 Å². The van der Waals surface area contributed by atoms with Crippen LogP contribution in [0.2, 0.25) is 0 Å². The van der Waals surface area contributed by atoms with Gasteiger partial charge in [-0.25, -0.2) is 0 Å². The van der Waals surface area contributed by atoms with E-state index in [0.717, 1.165) is 22.7 Å². The lowest BCUT2D eigenvalue weighted by Gasteiger charge is -2.28. The van der Waals surface area contributed by atoms with Crippen molar-refractivity contribution < 1.29 is 14.5 Å². The van der Waals surface area contributed by atoms with Crippen LogP contribution in [0.15, 0.2) is 24.3 Å². The highest BCUT2D eigenvalue weighted by molar-refractivity contribution is 5.93. The fourth-order valence-electron chi connectivity index (χ4n) is 2.25. The third-order valence-electron chi connectivity index (χ3n) is 3.45. The van der Waals surface area contributed by atoms with E-state index in [9.17, 15) is 9.59 Å². The Bertz CT molecular complexity index is 487. The zero-order chi connectivity index (χ0) is 13.8. The van der Waals surface area contributed by atoms with E-state index in [-0.39, 0.29) is 17.9 Å². The van der Waals surface area contributed by atoms with Crippen LogP contribution in [0.4, 0.5) is 5.69 Å². The zero-order valence-electron chi connectivity index (χ0n) is 11.3. The summed E-state index contributed by atoms with van der Waals surface area (Å²) in [4.78, 5) is 24.5. The van der Waals surface area contributed by atoms with E-state index in [1.54, 1.807) is 0 Å². The van der Waals surface area contributed by atoms with E-state index in [0.29, 0.717) is 13.1 Å². The first kappa shape index (κ1) is 13.5. The van der Waals surface area contributed by atoms with Crippen LogP contribution < -0.4 is 15.5 Å². The van der Waals surface area contributed by atoms with Gasteiger partial charge in [0.25, 0.3) is 11.8 Å². The van der Waals surface area contributed by atoms with Crippen LogP contribution in [0, 0.1) is 6.92 Å². The predicted octanol–water partition coefficient (Wildman–Crippen LogP) is -0.663. The first-order valence-corrected chi connectivity index (χ1v) is 6.55. The molecule has 2 atom stereocenters. The molecule has 3 N–H and O–H groups in total. The molecule has 1 aromatic rings. The Labute approximate surface area is 113 Å². The molecule has 0 saturated carbocycles. The van der Waals surface area contributed by atoms with Gasteiger partial charge in [-0.15, -0.1) is 0 Å². The lowest BCUT2D eigenvalue weighted by atomic mass is 10.2. The molecule has 2 amide bonds. The largest absolute Gasteiger partial charge is 0.346 e. The number of aryl methyl sites for hydroxylation is 1. The maximum absolute atomic E-state index is 12.2. The van der Waals surface area contributed by atoms with Crippen molar-refractivity contribution in [3.05, 3.63) is 29.8 Å². The molecule has 1 aliphatic rings. The maximum Gasteiger partial charge on any atom is 0.282 e. The van der Waals surface area contributed by atoms with Crippen LogP contribution in [0.3, 0.4) is 0 Å². The van der Waals surface area contributed by atoms with Crippen molar-refractivity contribution >= 4 is 17.5 Å². The van der Waals surface area contributed by atoms with Gasteiger partial charge in [0.15, 0.2) is 12.6 Å². The molecule has 0 bridgehead atoms. The van der Waals surface area contributed by atoms with E-state index >= 15 is 0 Å². The minimum absolute atomic E-state index is 0.0106. The van der Waals surface area contributed by atoms with E-state index in [4.69, 9.17) is 0 Å². The molecule has 5 heteroatoms. The van der Waals surface area contributed by atoms with E-state index in [1.807, 2.05) is 38.1 Å². The topological polar surface area (TPSA) is 62.6 Å². The molecule has 0 aromatic heterocycles. The fraction of sp³-hybridized carbons (Fsp3) is 0.429. The van der Waals surface area contributed by atoms with Gasteiger partial charge >= 0.3 is 0 Å². The number of hydrogen-bond donors (Lipinski definition) is 3. The molecule has 1 heterocycles. The Morgan fingerprint density at radius 2 is 2.26 bits per heavy atom. The standard InChI is InChI=1S/C14H19N3O2/c1-10-4-3-5-12(8-10)16-14(19)11(2)17-7-6-15-13(18)9-17/h3-5,8,11H,6-7,9H2,1-2H3,(H,15,18)(H,16,19)/p+1/t11-/m1/s1. The van der Waals surface area contributed by atoms with Crippen molar-refractivity contribution in [1.29, 1.82) is 0 Å². The number of carbonyl (C=O) groups excluding carboxylic acids is 2. The lowest BCUT2D eigenvalue weighted by molar-refractivity contribution is -0.907.